The number of carbonyl (C=O) groups is 1. The molecule has 1 fully saturated rings. The summed E-state index contributed by atoms with van der Waals surface area (Å²) in [5.41, 5.74) is 0.540. The van der Waals surface area contributed by atoms with Gasteiger partial charge < -0.3 is 24.8 Å². The highest BCUT2D eigenvalue weighted by molar-refractivity contribution is 5.82. The van der Waals surface area contributed by atoms with Crippen LogP contribution in [-0.4, -0.2) is 55.3 Å². The van der Waals surface area contributed by atoms with Crippen molar-refractivity contribution in [2.75, 3.05) is 39.4 Å². The number of hydrogen-bond donors (Lipinski definition) is 2. The largest absolute Gasteiger partial charge is 0.486 e. The summed E-state index contributed by atoms with van der Waals surface area (Å²) in [4.78, 5) is 13.9. The van der Waals surface area contributed by atoms with Crippen molar-refractivity contribution in [3.05, 3.63) is 23.8 Å². The van der Waals surface area contributed by atoms with E-state index in [0.717, 1.165) is 13.1 Å². The second kappa shape index (κ2) is 5.68. The van der Waals surface area contributed by atoms with Crippen molar-refractivity contribution in [3.8, 4) is 11.5 Å². The van der Waals surface area contributed by atoms with Gasteiger partial charge in [0, 0.05) is 26.2 Å². The quantitative estimate of drug-likeness (QED) is 0.792. The van der Waals surface area contributed by atoms with E-state index in [2.05, 4.69) is 5.32 Å². The Morgan fingerprint density at radius 2 is 1.90 bits per heavy atom. The van der Waals surface area contributed by atoms with Gasteiger partial charge in [-0.25, -0.2) is 0 Å². The van der Waals surface area contributed by atoms with Gasteiger partial charge in [0.2, 0.25) is 0 Å². The lowest BCUT2D eigenvalue weighted by Gasteiger charge is -2.29. The average molecular weight is 278 g/mol. The monoisotopic (exact) mass is 278 g/mol. The summed E-state index contributed by atoms with van der Waals surface area (Å²) in [5.74, 6) is 0.978. The number of benzene rings is 1. The number of nitrogens with one attached hydrogen (secondary N) is 1. The fourth-order valence-corrected chi connectivity index (χ4v) is 2.43. The Labute approximate surface area is 117 Å². The van der Waals surface area contributed by atoms with Crippen LogP contribution < -0.4 is 14.8 Å². The fourth-order valence-electron chi connectivity index (χ4n) is 2.43. The predicted molar refractivity (Wildman–Crippen MR) is 71.8 cm³/mol. The molecule has 1 saturated heterocycles. The van der Waals surface area contributed by atoms with Gasteiger partial charge in [-0.3, -0.25) is 4.79 Å². The molecule has 1 unspecified atom stereocenters. The summed E-state index contributed by atoms with van der Waals surface area (Å²) >= 11 is 0. The number of fused-ring (bicyclic) bond motifs is 1. The minimum absolute atomic E-state index is 0.261. The molecule has 0 spiro atoms. The van der Waals surface area contributed by atoms with E-state index >= 15 is 0 Å². The molecule has 1 atom stereocenters. The molecule has 1 aromatic carbocycles. The highest BCUT2D eigenvalue weighted by Gasteiger charge is 2.26. The molecule has 3 rings (SSSR count). The van der Waals surface area contributed by atoms with Gasteiger partial charge in [-0.15, -0.1) is 0 Å². The molecular formula is C14H18N2O4. The van der Waals surface area contributed by atoms with Crippen LogP contribution in [-0.2, 0) is 4.79 Å². The maximum absolute atomic E-state index is 12.2. The summed E-state index contributed by atoms with van der Waals surface area (Å²) in [6.07, 6.45) is -1.15. The Bertz CT molecular complexity index is 500. The number of rotatable bonds is 2. The molecule has 0 saturated carbocycles. The lowest BCUT2D eigenvalue weighted by molar-refractivity contribution is -0.141. The van der Waals surface area contributed by atoms with Crippen molar-refractivity contribution < 1.29 is 19.4 Å². The average Bonchev–Trinajstić information content (AvgIpc) is 2.54. The van der Waals surface area contributed by atoms with E-state index < -0.39 is 6.10 Å². The number of piperazine rings is 1. The number of ether oxygens (including phenoxy) is 2. The van der Waals surface area contributed by atoms with E-state index in [4.69, 9.17) is 9.47 Å². The van der Waals surface area contributed by atoms with E-state index in [1.165, 1.54) is 0 Å². The van der Waals surface area contributed by atoms with Crippen LogP contribution in [0.1, 0.15) is 11.7 Å². The standard InChI is InChI=1S/C14H18N2O4/c17-13(14(18)16-5-3-15-4-6-16)10-1-2-11-12(9-10)20-8-7-19-11/h1-2,9,13,15,17H,3-8H2. The molecule has 20 heavy (non-hydrogen) atoms. The van der Waals surface area contributed by atoms with Crippen molar-refractivity contribution >= 4 is 5.91 Å². The zero-order chi connectivity index (χ0) is 13.9. The van der Waals surface area contributed by atoms with Gasteiger partial charge >= 0.3 is 0 Å². The summed E-state index contributed by atoms with van der Waals surface area (Å²) in [6, 6.07) is 5.12. The van der Waals surface area contributed by atoms with Crippen LogP contribution in [0.5, 0.6) is 11.5 Å². The minimum atomic E-state index is -1.15. The summed E-state index contributed by atoms with van der Waals surface area (Å²) < 4.78 is 10.9. The molecule has 0 bridgehead atoms. The third kappa shape index (κ3) is 2.57. The maximum Gasteiger partial charge on any atom is 0.256 e. The van der Waals surface area contributed by atoms with Crippen LogP contribution in [0, 0.1) is 0 Å². The van der Waals surface area contributed by atoms with E-state index in [1.54, 1.807) is 23.1 Å². The third-order valence-corrected chi connectivity index (χ3v) is 3.54. The Morgan fingerprint density at radius 3 is 2.65 bits per heavy atom. The first-order valence-electron chi connectivity index (χ1n) is 6.83. The Balaban J connectivity index is 1.75. The van der Waals surface area contributed by atoms with Crippen LogP contribution >= 0.6 is 0 Å². The smallest absolute Gasteiger partial charge is 0.256 e. The fraction of sp³-hybridized carbons (Fsp3) is 0.500. The molecule has 0 radical (unpaired) electrons. The van der Waals surface area contributed by atoms with Gasteiger partial charge in [-0.05, 0) is 17.7 Å². The highest BCUT2D eigenvalue weighted by atomic mass is 16.6. The molecule has 2 aliphatic rings. The lowest BCUT2D eigenvalue weighted by atomic mass is 10.1. The summed E-state index contributed by atoms with van der Waals surface area (Å²) in [7, 11) is 0. The van der Waals surface area contributed by atoms with Crippen molar-refractivity contribution in [3.63, 3.8) is 0 Å². The van der Waals surface area contributed by atoms with Crippen molar-refractivity contribution in [2.24, 2.45) is 0 Å². The van der Waals surface area contributed by atoms with Crippen molar-refractivity contribution in [1.29, 1.82) is 0 Å². The van der Waals surface area contributed by atoms with Gasteiger partial charge in [0.05, 0.1) is 0 Å². The molecule has 6 nitrogen and oxygen atoms in total. The van der Waals surface area contributed by atoms with Gasteiger partial charge in [0.15, 0.2) is 17.6 Å². The topological polar surface area (TPSA) is 71.0 Å². The molecule has 108 valence electrons. The van der Waals surface area contributed by atoms with Crippen molar-refractivity contribution in [2.45, 2.75) is 6.10 Å². The molecule has 2 aliphatic heterocycles. The molecule has 0 aromatic heterocycles. The van der Waals surface area contributed by atoms with Crippen LogP contribution in [0.3, 0.4) is 0 Å². The van der Waals surface area contributed by atoms with Crippen molar-refractivity contribution in [1.82, 2.24) is 10.2 Å². The number of nitrogens with zero attached hydrogens (tertiary/aromatic N) is 1. The van der Waals surface area contributed by atoms with Crippen LogP contribution in [0.2, 0.25) is 0 Å². The van der Waals surface area contributed by atoms with E-state index in [1.807, 2.05) is 0 Å². The van der Waals surface area contributed by atoms with Gasteiger partial charge in [0.1, 0.15) is 13.2 Å². The molecule has 2 heterocycles. The van der Waals surface area contributed by atoms with E-state index in [0.29, 0.717) is 43.4 Å². The minimum Gasteiger partial charge on any atom is -0.486 e. The zero-order valence-electron chi connectivity index (χ0n) is 11.2. The lowest BCUT2D eigenvalue weighted by Crippen LogP contribution is -2.48. The first-order valence-corrected chi connectivity index (χ1v) is 6.83. The predicted octanol–water partition coefficient (Wildman–Crippen LogP) is -0.0770. The number of aliphatic hydroxyl groups excluding tert-OH is 1. The third-order valence-electron chi connectivity index (χ3n) is 3.54. The molecule has 1 amide bonds. The normalized spacial score (nSPS) is 19.6. The van der Waals surface area contributed by atoms with Gasteiger partial charge in [-0.2, -0.15) is 0 Å². The summed E-state index contributed by atoms with van der Waals surface area (Å²) in [5, 5.41) is 13.4. The zero-order valence-corrected chi connectivity index (χ0v) is 11.2. The highest BCUT2D eigenvalue weighted by Crippen LogP contribution is 2.33. The van der Waals surface area contributed by atoms with Crippen LogP contribution in [0.4, 0.5) is 0 Å². The summed E-state index contributed by atoms with van der Waals surface area (Å²) in [6.45, 7) is 3.78. The molecule has 1 aromatic rings. The maximum atomic E-state index is 12.2. The number of amides is 1. The second-order valence-corrected chi connectivity index (χ2v) is 4.88. The first-order chi connectivity index (χ1) is 9.75. The Hall–Kier alpha value is -1.79. The first kappa shape index (κ1) is 13.2. The van der Waals surface area contributed by atoms with Crippen LogP contribution in [0.25, 0.3) is 0 Å². The molecule has 6 heteroatoms. The van der Waals surface area contributed by atoms with Gasteiger partial charge in [0.25, 0.3) is 5.91 Å². The number of carbonyl (C=O) groups excluding carboxylic acids is 1. The Morgan fingerprint density at radius 1 is 1.20 bits per heavy atom. The van der Waals surface area contributed by atoms with E-state index in [9.17, 15) is 9.90 Å². The van der Waals surface area contributed by atoms with E-state index in [-0.39, 0.29) is 5.91 Å². The SMILES string of the molecule is O=C(C(O)c1ccc2c(c1)OCCO2)N1CCNCC1. The van der Waals surface area contributed by atoms with Crippen LogP contribution in [0.15, 0.2) is 18.2 Å². The Kier molecular flexibility index (Phi) is 3.75. The number of hydrogen-bond acceptors (Lipinski definition) is 5. The number of aliphatic hydroxyl groups is 1. The second-order valence-electron chi connectivity index (χ2n) is 4.88. The molecule has 2 N–H and O–H groups in total. The molecule has 0 aliphatic carbocycles. The molecular weight excluding hydrogens is 260 g/mol. The van der Waals surface area contributed by atoms with Gasteiger partial charge in [-0.1, -0.05) is 6.07 Å².